The Morgan fingerprint density at radius 3 is 2.50 bits per heavy atom. The van der Waals surface area contributed by atoms with E-state index in [0.717, 1.165) is 17.7 Å². The fraction of sp³-hybridized carbons (Fsp3) is 0.467. The van der Waals surface area contributed by atoms with E-state index in [9.17, 15) is 4.79 Å². The standard InChI is InChI=1S/C15H20N2O/c1-10-5-6-11(15(2,3)4)9-12(10)13-7-8-14(18)17-16-13/h5-6,9H,7-8H2,1-4H3,(H,17,18). The van der Waals surface area contributed by atoms with E-state index in [1.807, 2.05) is 0 Å². The van der Waals surface area contributed by atoms with E-state index < -0.39 is 0 Å². The van der Waals surface area contributed by atoms with Gasteiger partial charge in [0.25, 0.3) is 0 Å². The summed E-state index contributed by atoms with van der Waals surface area (Å²) in [7, 11) is 0. The van der Waals surface area contributed by atoms with Crippen molar-refractivity contribution in [2.24, 2.45) is 5.10 Å². The predicted octanol–water partition coefficient (Wildman–Crippen LogP) is 2.91. The van der Waals surface area contributed by atoms with E-state index in [-0.39, 0.29) is 11.3 Å². The van der Waals surface area contributed by atoms with Crippen LogP contribution in [0, 0.1) is 6.92 Å². The number of benzene rings is 1. The first-order valence-corrected chi connectivity index (χ1v) is 6.35. The van der Waals surface area contributed by atoms with Crippen LogP contribution in [0.15, 0.2) is 23.3 Å². The highest BCUT2D eigenvalue weighted by Gasteiger charge is 2.19. The van der Waals surface area contributed by atoms with Crippen molar-refractivity contribution >= 4 is 11.6 Å². The summed E-state index contributed by atoms with van der Waals surface area (Å²) in [5.41, 5.74) is 7.33. The van der Waals surface area contributed by atoms with Crippen molar-refractivity contribution in [2.45, 2.75) is 46.0 Å². The van der Waals surface area contributed by atoms with E-state index >= 15 is 0 Å². The van der Waals surface area contributed by atoms with Gasteiger partial charge in [0.05, 0.1) is 5.71 Å². The maximum absolute atomic E-state index is 11.1. The van der Waals surface area contributed by atoms with Crippen molar-refractivity contribution in [1.82, 2.24) is 5.43 Å². The van der Waals surface area contributed by atoms with Gasteiger partial charge in [-0.2, -0.15) is 5.10 Å². The molecule has 3 heteroatoms. The maximum atomic E-state index is 11.1. The smallest absolute Gasteiger partial charge is 0.240 e. The molecule has 0 aromatic heterocycles. The normalized spacial score (nSPS) is 16.2. The Balaban J connectivity index is 2.41. The van der Waals surface area contributed by atoms with E-state index in [4.69, 9.17) is 0 Å². The van der Waals surface area contributed by atoms with Gasteiger partial charge >= 0.3 is 0 Å². The summed E-state index contributed by atoms with van der Waals surface area (Å²) in [6.07, 6.45) is 1.25. The first-order chi connectivity index (χ1) is 8.38. The number of rotatable bonds is 1. The summed E-state index contributed by atoms with van der Waals surface area (Å²) in [6.45, 7) is 8.68. The van der Waals surface area contributed by atoms with Crippen molar-refractivity contribution in [3.8, 4) is 0 Å². The van der Waals surface area contributed by atoms with Crippen molar-refractivity contribution in [1.29, 1.82) is 0 Å². The van der Waals surface area contributed by atoms with Crippen LogP contribution in [0.5, 0.6) is 0 Å². The molecule has 1 aliphatic rings. The van der Waals surface area contributed by atoms with Gasteiger partial charge in [0.15, 0.2) is 0 Å². The predicted molar refractivity (Wildman–Crippen MR) is 73.8 cm³/mol. The van der Waals surface area contributed by atoms with Crippen LogP contribution < -0.4 is 5.43 Å². The molecule has 3 nitrogen and oxygen atoms in total. The topological polar surface area (TPSA) is 41.5 Å². The lowest BCUT2D eigenvalue weighted by atomic mass is 9.84. The number of hydrogen-bond acceptors (Lipinski definition) is 2. The SMILES string of the molecule is Cc1ccc(C(C)(C)C)cc1C1=NNC(=O)CC1. The zero-order valence-electron chi connectivity index (χ0n) is 11.5. The molecule has 96 valence electrons. The molecule has 0 saturated carbocycles. The van der Waals surface area contributed by atoms with Crippen LogP contribution in [0.4, 0.5) is 0 Å². The second-order valence-electron chi connectivity index (χ2n) is 5.87. The maximum Gasteiger partial charge on any atom is 0.240 e. The molecule has 18 heavy (non-hydrogen) atoms. The fourth-order valence-electron chi connectivity index (χ4n) is 2.07. The number of amides is 1. The molecule has 0 unspecified atom stereocenters. The van der Waals surface area contributed by atoms with Crippen molar-refractivity contribution in [2.75, 3.05) is 0 Å². The number of carbonyl (C=O) groups is 1. The van der Waals surface area contributed by atoms with Crippen LogP contribution in [0.3, 0.4) is 0 Å². The van der Waals surface area contributed by atoms with Crippen LogP contribution in [-0.2, 0) is 10.2 Å². The number of hydrazone groups is 1. The fourth-order valence-corrected chi connectivity index (χ4v) is 2.07. The van der Waals surface area contributed by atoms with E-state index in [1.165, 1.54) is 11.1 Å². The summed E-state index contributed by atoms with van der Waals surface area (Å²) in [4.78, 5) is 11.1. The van der Waals surface area contributed by atoms with Gasteiger partial charge in [0.2, 0.25) is 5.91 Å². The Bertz CT molecular complexity index is 510. The lowest BCUT2D eigenvalue weighted by Gasteiger charge is -2.22. The zero-order valence-corrected chi connectivity index (χ0v) is 11.5. The number of nitrogens with zero attached hydrogens (tertiary/aromatic N) is 1. The molecule has 0 fully saturated rings. The first kappa shape index (κ1) is 12.8. The molecule has 0 radical (unpaired) electrons. The third kappa shape index (κ3) is 2.61. The quantitative estimate of drug-likeness (QED) is 0.810. The molecule has 0 saturated heterocycles. The molecule has 1 amide bonds. The highest BCUT2D eigenvalue weighted by molar-refractivity contribution is 6.05. The Morgan fingerprint density at radius 2 is 1.94 bits per heavy atom. The molecule has 1 aliphatic heterocycles. The molecule has 0 spiro atoms. The monoisotopic (exact) mass is 244 g/mol. The minimum absolute atomic E-state index is 0.00313. The van der Waals surface area contributed by atoms with Crippen molar-refractivity contribution in [3.63, 3.8) is 0 Å². The average Bonchev–Trinajstić information content (AvgIpc) is 2.29. The van der Waals surface area contributed by atoms with Crippen LogP contribution in [0.1, 0.15) is 50.3 Å². The van der Waals surface area contributed by atoms with Gasteiger partial charge in [0, 0.05) is 18.4 Å². The van der Waals surface area contributed by atoms with E-state index in [2.05, 4.69) is 56.4 Å². The Kier molecular flexibility index (Phi) is 3.24. The molecule has 0 atom stereocenters. The Hall–Kier alpha value is -1.64. The number of hydrogen-bond donors (Lipinski definition) is 1. The van der Waals surface area contributed by atoms with Gasteiger partial charge in [-0.05, 0) is 29.5 Å². The minimum atomic E-state index is 0.00313. The molecule has 1 aromatic rings. The van der Waals surface area contributed by atoms with Gasteiger partial charge in [-0.15, -0.1) is 0 Å². The lowest BCUT2D eigenvalue weighted by Crippen LogP contribution is -2.26. The van der Waals surface area contributed by atoms with Gasteiger partial charge in [-0.25, -0.2) is 5.43 Å². The molecule has 1 heterocycles. The highest BCUT2D eigenvalue weighted by Crippen LogP contribution is 2.25. The van der Waals surface area contributed by atoms with E-state index in [0.29, 0.717) is 6.42 Å². The molecule has 2 rings (SSSR count). The van der Waals surface area contributed by atoms with Gasteiger partial charge in [0.1, 0.15) is 0 Å². The third-order valence-corrected chi connectivity index (χ3v) is 3.32. The number of carbonyl (C=O) groups excluding carboxylic acids is 1. The second kappa shape index (κ2) is 4.56. The van der Waals surface area contributed by atoms with Gasteiger partial charge in [-0.1, -0.05) is 32.9 Å². The average molecular weight is 244 g/mol. The zero-order chi connectivity index (χ0) is 13.3. The summed E-state index contributed by atoms with van der Waals surface area (Å²) < 4.78 is 0. The Labute approximate surface area is 108 Å². The van der Waals surface area contributed by atoms with E-state index in [1.54, 1.807) is 0 Å². The number of nitrogens with one attached hydrogen (secondary N) is 1. The minimum Gasteiger partial charge on any atom is -0.273 e. The number of aryl methyl sites for hydroxylation is 1. The second-order valence-corrected chi connectivity index (χ2v) is 5.87. The van der Waals surface area contributed by atoms with Gasteiger partial charge in [-0.3, -0.25) is 4.79 Å². The lowest BCUT2D eigenvalue weighted by molar-refractivity contribution is -0.121. The van der Waals surface area contributed by atoms with Crippen molar-refractivity contribution in [3.05, 3.63) is 34.9 Å². The van der Waals surface area contributed by atoms with Crippen molar-refractivity contribution < 1.29 is 4.79 Å². The van der Waals surface area contributed by atoms with Gasteiger partial charge < -0.3 is 0 Å². The molecule has 0 bridgehead atoms. The molecule has 1 aromatic carbocycles. The van der Waals surface area contributed by atoms with Crippen LogP contribution in [0.25, 0.3) is 0 Å². The largest absolute Gasteiger partial charge is 0.273 e. The molecule has 0 aliphatic carbocycles. The summed E-state index contributed by atoms with van der Waals surface area (Å²) in [6, 6.07) is 6.50. The first-order valence-electron chi connectivity index (χ1n) is 6.35. The summed E-state index contributed by atoms with van der Waals surface area (Å²) >= 11 is 0. The summed E-state index contributed by atoms with van der Waals surface area (Å²) in [5.74, 6) is 0.00313. The van der Waals surface area contributed by atoms with Crippen LogP contribution in [0.2, 0.25) is 0 Å². The molecular formula is C15H20N2O. The summed E-state index contributed by atoms with van der Waals surface area (Å²) in [5, 5.41) is 4.18. The van der Waals surface area contributed by atoms with Crippen LogP contribution >= 0.6 is 0 Å². The molecular weight excluding hydrogens is 224 g/mol. The van der Waals surface area contributed by atoms with Crippen LogP contribution in [-0.4, -0.2) is 11.6 Å². The highest BCUT2D eigenvalue weighted by atomic mass is 16.2. The molecule has 1 N–H and O–H groups in total. The third-order valence-electron chi connectivity index (χ3n) is 3.32. The Morgan fingerprint density at radius 1 is 1.22 bits per heavy atom.